The Morgan fingerprint density at radius 3 is 2.44 bits per heavy atom. The number of fused-ring (bicyclic) bond motifs is 1. The van der Waals surface area contributed by atoms with Gasteiger partial charge >= 0.3 is 0 Å². The molecule has 6 rings (SSSR count). The van der Waals surface area contributed by atoms with E-state index in [1.165, 1.54) is 50.0 Å². The molecule has 2 aromatic heterocycles. The lowest BCUT2D eigenvalue weighted by Crippen LogP contribution is -2.52. The molecule has 4 aromatic rings. The zero-order chi connectivity index (χ0) is 29.9. The van der Waals surface area contributed by atoms with Crippen LogP contribution in [-0.2, 0) is 0 Å². The van der Waals surface area contributed by atoms with E-state index >= 15 is 0 Å². The minimum Gasteiger partial charge on any atom is -0.494 e. The van der Waals surface area contributed by atoms with E-state index in [9.17, 15) is 0 Å². The Balaban J connectivity index is 1.16. The Labute approximate surface area is 260 Å². The number of rotatable bonds is 8. The van der Waals surface area contributed by atoms with Gasteiger partial charge in [-0.3, -0.25) is 9.88 Å². The van der Waals surface area contributed by atoms with Gasteiger partial charge < -0.3 is 25.2 Å². The van der Waals surface area contributed by atoms with Gasteiger partial charge in [0.25, 0.3) is 0 Å². The highest BCUT2D eigenvalue weighted by atomic mass is 35.5. The molecule has 11 heteroatoms. The van der Waals surface area contributed by atoms with Gasteiger partial charge in [-0.05, 0) is 57.5 Å². The third-order valence-corrected chi connectivity index (χ3v) is 10.1. The number of ether oxygens (including phenoxy) is 1. The summed E-state index contributed by atoms with van der Waals surface area (Å²) in [7, 11) is 3.47. The van der Waals surface area contributed by atoms with Crippen molar-refractivity contribution in [3.63, 3.8) is 0 Å². The molecule has 0 bridgehead atoms. The van der Waals surface area contributed by atoms with Crippen LogP contribution in [0.15, 0.2) is 54.9 Å². The number of pyridine rings is 1. The number of methoxy groups -OCH3 is 1. The van der Waals surface area contributed by atoms with E-state index in [0.717, 1.165) is 41.1 Å². The summed E-state index contributed by atoms with van der Waals surface area (Å²) in [6, 6.07) is 15.2. The van der Waals surface area contributed by atoms with Gasteiger partial charge in [-0.2, -0.15) is 4.98 Å². The molecule has 226 valence electrons. The third-order valence-electron chi connectivity index (χ3n) is 8.51. The number of aromatic nitrogens is 3. The van der Waals surface area contributed by atoms with Crippen LogP contribution in [0.1, 0.15) is 12.8 Å². The SMILES string of the molecule is COc1cc(N2CCC(N3CCN(C)CC3)CC2)ccc1Nc1ncc(Cl)c(Nc2ccc3cccnc3c2P(C)C)n1. The molecule has 2 aromatic carbocycles. The predicted molar refractivity (Wildman–Crippen MR) is 181 cm³/mol. The van der Waals surface area contributed by atoms with Crippen LogP contribution in [0.25, 0.3) is 10.9 Å². The molecule has 2 aliphatic rings. The topological polar surface area (TPSA) is 81.7 Å². The summed E-state index contributed by atoms with van der Waals surface area (Å²) in [5.74, 6) is 1.71. The molecule has 4 heterocycles. The van der Waals surface area contributed by atoms with Gasteiger partial charge in [-0.15, -0.1) is 0 Å². The van der Waals surface area contributed by atoms with Crippen molar-refractivity contribution in [2.75, 3.05) is 82.3 Å². The van der Waals surface area contributed by atoms with Crippen LogP contribution in [0.4, 0.5) is 28.8 Å². The summed E-state index contributed by atoms with van der Waals surface area (Å²) < 4.78 is 5.80. The molecule has 2 N–H and O–H groups in total. The first-order valence-corrected chi connectivity index (χ1v) is 17.5. The maximum atomic E-state index is 6.57. The van der Waals surface area contributed by atoms with Crippen LogP contribution in [0.5, 0.6) is 5.75 Å². The number of nitrogens with one attached hydrogen (secondary N) is 2. The second-order valence-electron chi connectivity index (χ2n) is 11.5. The minimum atomic E-state index is -0.445. The Hall–Kier alpha value is -3.23. The number of piperazine rings is 1. The largest absolute Gasteiger partial charge is 0.494 e. The number of anilines is 5. The van der Waals surface area contributed by atoms with Crippen molar-refractivity contribution in [2.24, 2.45) is 0 Å². The van der Waals surface area contributed by atoms with Gasteiger partial charge in [0.15, 0.2) is 5.82 Å². The van der Waals surface area contributed by atoms with Crippen molar-refractivity contribution < 1.29 is 4.74 Å². The minimum absolute atomic E-state index is 0.432. The molecule has 2 saturated heterocycles. The smallest absolute Gasteiger partial charge is 0.229 e. The number of hydrogen-bond acceptors (Lipinski definition) is 9. The second kappa shape index (κ2) is 13.2. The lowest BCUT2D eigenvalue weighted by atomic mass is 10.0. The summed E-state index contributed by atoms with van der Waals surface area (Å²) >= 11 is 6.57. The van der Waals surface area contributed by atoms with Crippen molar-refractivity contribution in [3.8, 4) is 5.75 Å². The van der Waals surface area contributed by atoms with E-state index in [1.807, 2.05) is 18.3 Å². The molecule has 0 aliphatic carbocycles. The van der Waals surface area contributed by atoms with Gasteiger partial charge in [-0.25, -0.2) is 4.98 Å². The van der Waals surface area contributed by atoms with E-state index in [0.29, 0.717) is 22.8 Å². The maximum Gasteiger partial charge on any atom is 0.229 e. The number of nitrogens with zero attached hydrogens (tertiary/aromatic N) is 6. The average Bonchev–Trinajstić information content (AvgIpc) is 3.03. The molecule has 9 nitrogen and oxygen atoms in total. The summed E-state index contributed by atoms with van der Waals surface area (Å²) in [6.07, 6.45) is 5.83. The quantitative estimate of drug-likeness (QED) is 0.240. The number of likely N-dealkylation sites (N-methyl/N-ethyl adjacent to an activating group) is 1. The Bertz CT molecular complexity index is 1570. The normalized spacial score (nSPS) is 17.0. The third kappa shape index (κ3) is 6.65. The molecule has 0 atom stereocenters. The highest BCUT2D eigenvalue weighted by Gasteiger charge is 2.27. The average molecular weight is 619 g/mol. The van der Waals surface area contributed by atoms with Crippen LogP contribution in [-0.4, -0.2) is 97.5 Å². The van der Waals surface area contributed by atoms with E-state index < -0.39 is 7.92 Å². The van der Waals surface area contributed by atoms with Crippen molar-refractivity contribution in [1.82, 2.24) is 24.8 Å². The summed E-state index contributed by atoms with van der Waals surface area (Å²) in [4.78, 5) is 21.4. The molecule has 0 radical (unpaired) electrons. The lowest BCUT2D eigenvalue weighted by Gasteiger charge is -2.42. The fraction of sp³-hybridized carbons (Fsp3) is 0.406. The highest BCUT2D eigenvalue weighted by molar-refractivity contribution is 7.65. The number of halogens is 1. The van der Waals surface area contributed by atoms with Crippen LogP contribution in [0, 0.1) is 0 Å². The Morgan fingerprint density at radius 1 is 0.930 bits per heavy atom. The monoisotopic (exact) mass is 618 g/mol. The van der Waals surface area contributed by atoms with Crippen molar-refractivity contribution in [2.45, 2.75) is 18.9 Å². The molecule has 0 unspecified atom stereocenters. The summed E-state index contributed by atoms with van der Waals surface area (Å²) in [6.45, 7) is 11.2. The number of piperidine rings is 1. The van der Waals surface area contributed by atoms with E-state index in [-0.39, 0.29) is 0 Å². The zero-order valence-electron chi connectivity index (χ0n) is 25.3. The second-order valence-corrected chi connectivity index (χ2v) is 14.2. The summed E-state index contributed by atoms with van der Waals surface area (Å²) in [5, 5.41) is 9.54. The zero-order valence-corrected chi connectivity index (χ0v) is 27.0. The van der Waals surface area contributed by atoms with E-state index in [2.05, 4.69) is 86.0 Å². The standard InChI is InChI=1S/C32H40ClN8OP/c1-39-16-18-41(19-17-39)23-11-14-40(15-12-23)24-8-10-26(28(20-24)42-2)37-32-35-21-25(33)31(38-32)36-27-9-7-22-6-5-13-34-29(22)30(27)43(3)4/h5-10,13,20-21,23H,11-12,14-19H2,1-4H3,(H2,35,36,37,38). The Morgan fingerprint density at radius 2 is 1.70 bits per heavy atom. The maximum absolute atomic E-state index is 6.57. The first kappa shape index (κ1) is 29.8. The molecular formula is C32H40ClN8OP. The van der Waals surface area contributed by atoms with Crippen LogP contribution < -0.4 is 25.6 Å². The molecule has 2 aliphatic heterocycles. The van der Waals surface area contributed by atoms with Crippen molar-refractivity contribution in [3.05, 3.63) is 59.9 Å². The van der Waals surface area contributed by atoms with Crippen molar-refractivity contribution in [1.29, 1.82) is 0 Å². The van der Waals surface area contributed by atoms with E-state index in [1.54, 1.807) is 13.3 Å². The molecule has 0 amide bonds. The molecule has 2 fully saturated rings. The Kier molecular flexibility index (Phi) is 9.14. The molecule has 43 heavy (non-hydrogen) atoms. The number of benzene rings is 2. The van der Waals surface area contributed by atoms with Gasteiger partial charge in [0, 0.05) is 79.6 Å². The van der Waals surface area contributed by atoms with Crippen LogP contribution >= 0.6 is 19.5 Å². The lowest BCUT2D eigenvalue weighted by molar-refractivity contribution is 0.0982. The summed E-state index contributed by atoms with van der Waals surface area (Å²) in [5.41, 5.74) is 3.92. The van der Waals surface area contributed by atoms with Crippen LogP contribution in [0.2, 0.25) is 5.02 Å². The first-order valence-electron chi connectivity index (χ1n) is 14.9. The van der Waals surface area contributed by atoms with Gasteiger partial charge in [-0.1, -0.05) is 31.7 Å². The van der Waals surface area contributed by atoms with E-state index in [4.69, 9.17) is 21.3 Å². The fourth-order valence-corrected chi connectivity index (χ4v) is 7.46. The molecule has 0 saturated carbocycles. The van der Waals surface area contributed by atoms with Gasteiger partial charge in [0.2, 0.25) is 5.95 Å². The molecular weight excluding hydrogens is 579 g/mol. The fourth-order valence-electron chi connectivity index (χ4n) is 6.10. The highest BCUT2D eigenvalue weighted by Crippen LogP contribution is 2.36. The first-order chi connectivity index (χ1) is 20.9. The van der Waals surface area contributed by atoms with Gasteiger partial charge in [0.1, 0.15) is 10.8 Å². The van der Waals surface area contributed by atoms with Crippen molar-refractivity contribution >= 4 is 64.6 Å². The predicted octanol–water partition coefficient (Wildman–Crippen LogP) is 5.76. The molecule has 0 spiro atoms. The number of hydrogen-bond donors (Lipinski definition) is 2. The van der Waals surface area contributed by atoms with Gasteiger partial charge in [0.05, 0.1) is 24.5 Å². The van der Waals surface area contributed by atoms with Crippen LogP contribution in [0.3, 0.4) is 0 Å².